The number of nitrogens with zero attached hydrogens (tertiary/aromatic N) is 1. The van der Waals surface area contributed by atoms with Gasteiger partial charge in [0.15, 0.2) is 0 Å². The van der Waals surface area contributed by atoms with E-state index >= 15 is 0 Å². The quantitative estimate of drug-likeness (QED) is 0.794. The Balaban J connectivity index is 1.54. The first-order chi connectivity index (χ1) is 12.7. The van der Waals surface area contributed by atoms with E-state index in [2.05, 4.69) is 46.7 Å². The van der Waals surface area contributed by atoms with E-state index in [1.165, 1.54) is 30.5 Å². The van der Waals surface area contributed by atoms with Crippen LogP contribution in [0.15, 0.2) is 48.5 Å². The maximum absolute atomic E-state index is 12.4. The van der Waals surface area contributed by atoms with Gasteiger partial charge < -0.3 is 15.5 Å². The summed E-state index contributed by atoms with van der Waals surface area (Å²) < 4.78 is 0. The van der Waals surface area contributed by atoms with Crippen LogP contribution in [0.25, 0.3) is 0 Å². The van der Waals surface area contributed by atoms with E-state index in [4.69, 9.17) is 0 Å². The number of aryl methyl sites for hydroxylation is 1. The maximum atomic E-state index is 12.4. The lowest BCUT2D eigenvalue weighted by Crippen LogP contribution is -2.32. The highest BCUT2D eigenvalue weighted by molar-refractivity contribution is 5.96. The van der Waals surface area contributed by atoms with Crippen LogP contribution >= 0.6 is 0 Å². The maximum Gasteiger partial charge on any atom is 0.246 e. The molecule has 0 radical (unpaired) electrons. The first kappa shape index (κ1) is 18.3. The van der Waals surface area contributed by atoms with E-state index in [-0.39, 0.29) is 11.9 Å². The molecule has 1 amide bonds. The number of carbonyl (C=O) groups excluding carboxylic acids is 1. The lowest BCUT2D eigenvalue weighted by atomic mass is 10.1. The molecule has 1 fully saturated rings. The van der Waals surface area contributed by atoms with Crippen molar-refractivity contribution in [2.24, 2.45) is 0 Å². The summed E-state index contributed by atoms with van der Waals surface area (Å²) >= 11 is 0. The predicted molar refractivity (Wildman–Crippen MR) is 110 cm³/mol. The molecule has 1 aliphatic rings. The molecule has 2 aromatic rings. The molecule has 1 aliphatic heterocycles. The molecule has 2 N–H and O–H groups in total. The van der Waals surface area contributed by atoms with Gasteiger partial charge >= 0.3 is 0 Å². The molecule has 0 unspecified atom stereocenters. The first-order valence-corrected chi connectivity index (χ1v) is 9.67. The zero-order valence-electron chi connectivity index (χ0n) is 15.8. The number of nitrogens with one attached hydrogen (secondary N) is 2. The van der Waals surface area contributed by atoms with Gasteiger partial charge in [0, 0.05) is 30.2 Å². The molecule has 0 spiro atoms. The second-order valence-corrected chi connectivity index (χ2v) is 7.00. The van der Waals surface area contributed by atoms with Crippen molar-refractivity contribution in [2.45, 2.75) is 45.6 Å². The third kappa shape index (κ3) is 4.78. The molecule has 3 rings (SSSR count). The number of rotatable bonds is 6. The van der Waals surface area contributed by atoms with Gasteiger partial charge in [0.25, 0.3) is 0 Å². The molecule has 138 valence electrons. The van der Waals surface area contributed by atoms with Crippen molar-refractivity contribution in [2.75, 3.05) is 28.6 Å². The molecular weight excluding hydrogens is 322 g/mol. The van der Waals surface area contributed by atoms with Crippen molar-refractivity contribution in [3.8, 4) is 0 Å². The number of piperidine rings is 1. The van der Waals surface area contributed by atoms with Gasteiger partial charge in [0.05, 0.1) is 0 Å². The van der Waals surface area contributed by atoms with Crippen LogP contribution in [0.4, 0.5) is 17.1 Å². The van der Waals surface area contributed by atoms with Gasteiger partial charge in [-0.1, -0.05) is 19.1 Å². The molecule has 4 nitrogen and oxygen atoms in total. The van der Waals surface area contributed by atoms with Gasteiger partial charge in [0.2, 0.25) is 5.91 Å². The normalized spacial score (nSPS) is 15.4. The Labute approximate surface area is 156 Å². The van der Waals surface area contributed by atoms with E-state index in [0.717, 1.165) is 30.9 Å². The largest absolute Gasteiger partial charge is 0.374 e. The van der Waals surface area contributed by atoms with E-state index < -0.39 is 0 Å². The van der Waals surface area contributed by atoms with Crippen LogP contribution in [0.1, 0.15) is 38.7 Å². The van der Waals surface area contributed by atoms with Gasteiger partial charge in [0.1, 0.15) is 6.04 Å². The molecule has 0 saturated carbocycles. The highest BCUT2D eigenvalue weighted by Crippen LogP contribution is 2.22. The second-order valence-electron chi connectivity index (χ2n) is 7.00. The molecule has 26 heavy (non-hydrogen) atoms. The summed E-state index contributed by atoms with van der Waals surface area (Å²) in [5.74, 6) is -0.0321. The molecule has 0 bridgehead atoms. The van der Waals surface area contributed by atoms with Gasteiger partial charge in [-0.2, -0.15) is 0 Å². The lowest BCUT2D eigenvalue weighted by molar-refractivity contribution is -0.116. The number of hydrogen-bond acceptors (Lipinski definition) is 3. The highest BCUT2D eigenvalue weighted by Gasteiger charge is 2.14. The summed E-state index contributed by atoms with van der Waals surface area (Å²) in [5, 5.41) is 6.25. The van der Waals surface area contributed by atoms with Crippen molar-refractivity contribution in [1.82, 2.24) is 0 Å². The first-order valence-electron chi connectivity index (χ1n) is 9.67. The van der Waals surface area contributed by atoms with Crippen LogP contribution in [0.3, 0.4) is 0 Å². The minimum absolute atomic E-state index is 0.0321. The third-order valence-electron chi connectivity index (χ3n) is 4.99. The second kappa shape index (κ2) is 8.75. The number of benzene rings is 2. The molecule has 1 heterocycles. The zero-order chi connectivity index (χ0) is 18.4. The van der Waals surface area contributed by atoms with Crippen LogP contribution < -0.4 is 15.5 Å². The van der Waals surface area contributed by atoms with Gasteiger partial charge in [-0.15, -0.1) is 0 Å². The average molecular weight is 351 g/mol. The van der Waals surface area contributed by atoms with Crippen molar-refractivity contribution < 1.29 is 4.79 Å². The number of amides is 1. The smallest absolute Gasteiger partial charge is 0.246 e. The fraction of sp³-hybridized carbons (Fsp3) is 0.409. The van der Waals surface area contributed by atoms with Crippen molar-refractivity contribution in [3.63, 3.8) is 0 Å². The molecule has 4 heteroatoms. The van der Waals surface area contributed by atoms with Crippen LogP contribution in [0.5, 0.6) is 0 Å². The Kier molecular flexibility index (Phi) is 6.16. The summed E-state index contributed by atoms with van der Waals surface area (Å²) in [5.41, 5.74) is 4.34. The minimum atomic E-state index is -0.302. The third-order valence-corrected chi connectivity index (χ3v) is 4.99. The predicted octanol–water partition coefficient (Wildman–Crippen LogP) is 4.68. The van der Waals surface area contributed by atoms with Gasteiger partial charge in [-0.05, 0) is 74.6 Å². The summed E-state index contributed by atoms with van der Waals surface area (Å²) in [6, 6.07) is 16.1. The van der Waals surface area contributed by atoms with Crippen LogP contribution in [0.2, 0.25) is 0 Å². The summed E-state index contributed by atoms with van der Waals surface area (Å²) in [6.07, 6.45) is 4.88. The SMILES string of the molecule is CCc1ccc(N[C@H](C)C(=O)Nc2ccc(N3CCCCC3)cc2)cc1. The number of hydrogen-bond donors (Lipinski definition) is 2. The summed E-state index contributed by atoms with van der Waals surface area (Å²) in [4.78, 5) is 14.9. The Hall–Kier alpha value is -2.49. The van der Waals surface area contributed by atoms with Gasteiger partial charge in [-0.25, -0.2) is 0 Å². The summed E-state index contributed by atoms with van der Waals surface area (Å²) in [7, 11) is 0. The van der Waals surface area contributed by atoms with Crippen molar-refractivity contribution in [1.29, 1.82) is 0 Å². The van der Waals surface area contributed by atoms with E-state index in [1.807, 2.05) is 31.2 Å². The minimum Gasteiger partial charge on any atom is -0.374 e. The molecular formula is C22H29N3O. The van der Waals surface area contributed by atoms with E-state index in [9.17, 15) is 4.79 Å². The summed E-state index contributed by atoms with van der Waals surface area (Å²) in [6.45, 7) is 6.27. The number of anilines is 3. The molecule has 0 aromatic heterocycles. The monoisotopic (exact) mass is 351 g/mol. The van der Waals surface area contributed by atoms with Crippen LogP contribution in [0, 0.1) is 0 Å². The standard InChI is InChI=1S/C22H29N3O/c1-3-18-7-9-19(10-8-18)23-17(2)22(26)24-20-11-13-21(14-12-20)25-15-5-4-6-16-25/h7-14,17,23H,3-6,15-16H2,1-2H3,(H,24,26)/t17-/m1/s1. The van der Waals surface area contributed by atoms with Crippen molar-refractivity contribution >= 4 is 23.0 Å². The Bertz CT molecular complexity index is 703. The van der Waals surface area contributed by atoms with Crippen LogP contribution in [-0.2, 0) is 11.2 Å². The zero-order valence-corrected chi connectivity index (χ0v) is 15.8. The Morgan fingerprint density at radius 1 is 0.962 bits per heavy atom. The van der Waals surface area contributed by atoms with Crippen molar-refractivity contribution in [3.05, 3.63) is 54.1 Å². The van der Waals surface area contributed by atoms with E-state index in [1.54, 1.807) is 0 Å². The van der Waals surface area contributed by atoms with Crippen LogP contribution in [-0.4, -0.2) is 25.0 Å². The number of carbonyl (C=O) groups is 1. The van der Waals surface area contributed by atoms with Gasteiger partial charge in [-0.3, -0.25) is 4.79 Å². The van der Waals surface area contributed by atoms with E-state index in [0.29, 0.717) is 0 Å². The fourth-order valence-corrected chi connectivity index (χ4v) is 3.31. The lowest BCUT2D eigenvalue weighted by Gasteiger charge is -2.28. The fourth-order valence-electron chi connectivity index (χ4n) is 3.31. The molecule has 2 aromatic carbocycles. The molecule has 1 saturated heterocycles. The molecule has 1 atom stereocenters. The molecule has 0 aliphatic carbocycles. The Morgan fingerprint density at radius 2 is 1.58 bits per heavy atom. The highest BCUT2D eigenvalue weighted by atomic mass is 16.2. The Morgan fingerprint density at radius 3 is 2.19 bits per heavy atom. The average Bonchev–Trinajstić information content (AvgIpc) is 2.70. The topological polar surface area (TPSA) is 44.4 Å².